The zero-order valence-electron chi connectivity index (χ0n) is 9.59. The van der Waals surface area contributed by atoms with E-state index in [0.717, 1.165) is 7.11 Å². The van der Waals surface area contributed by atoms with Gasteiger partial charge in [-0.25, -0.2) is 4.79 Å². The summed E-state index contributed by atoms with van der Waals surface area (Å²) in [4.78, 5) is 19.9. The summed E-state index contributed by atoms with van der Waals surface area (Å²) >= 11 is 0. The Morgan fingerprint density at radius 1 is 1.29 bits per heavy atom. The van der Waals surface area contributed by atoms with Crippen LogP contribution in [0.2, 0.25) is 0 Å². The van der Waals surface area contributed by atoms with Gasteiger partial charge in [0, 0.05) is 0 Å². The quantitative estimate of drug-likeness (QED) is 0.724. The summed E-state index contributed by atoms with van der Waals surface area (Å²) in [6, 6.07) is 0. The molecule has 5 heteroatoms. The molecule has 0 unspecified atom stereocenters. The van der Waals surface area contributed by atoms with E-state index < -0.39 is 18.6 Å². The topological polar surface area (TPSA) is 75.6 Å². The van der Waals surface area contributed by atoms with Gasteiger partial charge in [-0.3, -0.25) is 4.79 Å². The highest BCUT2D eigenvalue weighted by Crippen LogP contribution is 1.68. The Morgan fingerprint density at radius 2 is 1.64 bits per heavy atom. The van der Waals surface area contributed by atoms with Crippen LogP contribution in [-0.4, -0.2) is 30.8 Å². The zero-order chi connectivity index (χ0) is 12.0. The summed E-state index contributed by atoms with van der Waals surface area (Å²) in [6.07, 6.45) is 0.511. The van der Waals surface area contributed by atoms with Crippen LogP contribution >= 0.6 is 0 Å². The predicted molar refractivity (Wildman–Crippen MR) is 55.4 cm³/mol. The maximum atomic E-state index is 10.1. The Labute approximate surface area is 85.5 Å². The average molecular weight is 207 g/mol. The molecule has 5 nitrogen and oxygen atoms in total. The van der Waals surface area contributed by atoms with E-state index in [1.807, 2.05) is 19.2 Å². The standard InChI is InChI=1S/C4H7NO4.C3H8.C2H6/c1-9-4(8)5-2-3(6)7;1-3-2;1-2/h2H2,1H3,(H,5,8)(H,6,7);3H2,1-2H3;1-2H3. The van der Waals surface area contributed by atoms with Crippen LogP contribution in [0.15, 0.2) is 0 Å². The van der Waals surface area contributed by atoms with E-state index in [1.165, 1.54) is 6.42 Å². The highest BCUT2D eigenvalue weighted by molar-refractivity contribution is 5.76. The van der Waals surface area contributed by atoms with Crippen LogP contribution < -0.4 is 5.32 Å². The molecule has 0 bridgehead atoms. The van der Waals surface area contributed by atoms with Crippen molar-refractivity contribution in [3.8, 4) is 0 Å². The van der Waals surface area contributed by atoms with Crippen molar-refractivity contribution < 1.29 is 19.4 Å². The van der Waals surface area contributed by atoms with Crippen LogP contribution in [0.5, 0.6) is 0 Å². The van der Waals surface area contributed by atoms with E-state index in [1.54, 1.807) is 0 Å². The van der Waals surface area contributed by atoms with E-state index in [4.69, 9.17) is 5.11 Å². The van der Waals surface area contributed by atoms with Gasteiger partial charge in [0.15, 0.2) is 0 Å². The third-order valence-corrected chi connectivity index (χ3v) is 0.569. The molecule has 86 valence electrons. The van der Waals surface area contributed by atoms with Crippen molar-refractivity contribution in [3.63, 3.8) is 0 Å². The Balaban J connectivity index is -0.000000205. The minimum Gasteiger partial charge on any atom is -0.480 e. The second kappa shape index (κ2) is 17.7. The number of methoxy groups -OCH3 is 1. The van der Waals surface area contributed by atoms with Crippen molar-refractivity contribution in [2.75, 3.05) is 13.7 Å². The van der Waals surface area contributed by atoms with E-state index in [2.05, 4.69) is 18.6 Å². The molecule has 0 aliphatic heterocycles. The molecular weight excluding hydrogens is 186 g/mol. The third kappa shape index (κ3) is 30.9. The number of rotatable bonds is 2. The van der Waals surface area contributed by atoms with Crippen LogP contribution in [0.4, 0.5) is 4.79 Å². The highest BCUT2D eigenvalue weighted by Gasteiger charge is 1.99. The van der Waals surface area contributed by atoms with Gasteiger partial charge < -0.3 is 15.2 Å². The number of alkyl carbamates (subject to hydrolysis) is 1. The van der Waals surface area contributed by atoms with Gasteiger partial charge in [-0.15, -0.1) is 0 Å². The molecule has 0 aromatic heterocycles. The van der Waals surface area contributed by atoms with Crippen molar-refractivity contribution >= 4 is 12.1 Å². The first-order valence-electron chi connectivity index (χ1n) is 4.62. The first kappa shape index (κ1) is 18.5. The second-order valence-electron chi connectivity index (χ2n) is 1.95. The second-order valence-corrected chi connectivity index (χ2v) is 1.95. The molecule has 0 aromatic rings. The van der Waals surface area contributed by atoms with E-state index in [0.29, 0.717) is 0 Å². The maximum Gasteiger partial charge on any atom is 0.407 e. The zero-order valence-corrected chi connectivity index (χ0v) is 9.59. The largest absolute Gasteiger partial charge is 0.480 e. The van der Waals surface area contributed by atoms with Crippen LogP contribution in [0.25, 0.3) is 0 Å². The summed E-state index contributed by atoms with van der Waals surface area (Å²) in [5.74, 6) is -1.10. The highest BCUT2D eigenvalue weighted by atomic mass is 16.5. The number of carboxylic acids is 1. The molecule has 0 heterocycles. The molecule has 0 spiro atoms. The van der Waals surface area contributed by atoms with E-state index in [9.17, 15) is 9.59 Å². The SMILES string of the molecule is CC.CCC.COC(=O)NCC(=O)O. The summed E-state index contributed by atoms with van der Waals surface area (Å²) in [5, 5.41) is 9.96. The summed E-state index contributed by atoms with van der Waals surface area (Å²) in [6.45, 7) is 7.84. The lowest BCUT2D eigenvalue weighted by atomic mass is 10.6. The Morgan fingerprint density at radius 3 is 1.86 bits per heavy atom. The molecule has 1 amide bonds. The molecule has 0 rings (SSSR count). The number of hydrogen-bond acceptors (Lipinski definition) is 3. The Hall–Kier alpha value is -1.26. The number of nitrogens with one attached hydrogen (secondary N) is 1. The average Bonchev–Trinajstić information content (AvgIpc) is 2.18. The molecule has 0 saturated heterocycles. The molecule has 0 aliphatic rings. The summed E-state index contributed by atoms with van der Waals surface area (Å²) in [5.41, 5.74) is 0. The van der Waals surface area contributed by atoms with Gasteiger partial charge in [0.2, 0.25) is 0 Å². The molecule has 0 radical (unpaired) electrons. The van der Waals surface area contributed by atoms with Gasteiger partial charge in [-0.05, 0) is 0 Å². The fourth-order valence-electron chi connectivity index (χ4n) is 0.220. The summed E-state index contributed by atoms with van der Waals surface area (Å²) < 4.78 is 4.09. The Bertz CT molecular complexity index is 137. The lowest BCUT2D eigenvalue weighted by Crippen LogP contribution is -2.28. The van der Waals surface area contributed by atoms with Gasteiger partial charge in [-0.2, -0.15) is 0 Å². The smallest absolute Gasteiger partial charge is 0.407 e. The molecule has 2 N–H and O–H groups in total. The van der Waals surface area contributed by atoms with Crippen LogP contribution in [0.3, 0.4) is 0 Å². The van der Waals surface area contributed by atoms with Gasteiger partial charge in [0.1, 0.15) is 6.54 Å². The van der Waals surface area contributed by atoms with Crippen molar-refractivity contribution in [2.45, 2.75) is 34.1 Å². The van der Waals surface area contributed by atoms with Crippen molar-refractivity contribution in [1.82, 2.24) is 5.32 Å². The number of carbonyl (C=O) groups excluding carboxylic acids is 1. The number of hydrogen-bond donors (Lipinski definition) is 2. The molecule has 0 aromatic carbocycles. The summed E-state index contributed by atoms with van der Waals surface area (Å²) in [7, 11) is 1.16. The number of carboxylic acid groups (broad SMARTS) is 1. The fourth-order valence-corrected chi connectivity index (χ4v) is 0.220. The monoisotopic (exact) mass is 207 g/mol. The number of ether oxygens (including phenoxy) is 1. The van der Waals surface area contributed by atoms with Crippen molar-refractivity contribution in [3.05, 3.63) is 0 Å². The van der Waals surface area contributed by atoms with Gasteiger partial charge in [-0.1, -0.05) is 34.1 Å². The van der Waals surface area contributed by atoms with Crippen LogP contribution in [-0.2, 0) is 9.53 Å². The molecule has 0 atom stereocenters. The molecule has 0 aliphatic carbocycles. The van der Waals surface area contributed by atoms with Gasteiger partial charge >= 0.3 is 12.1 Å². The minimum atomic E-state index is -1.10. The molecule has 0 saturated carbocycles. The number of aliphatic carboxylic acids is 1. The van der Waals surface area contributed by atoms with E-state index in [-0.39, 0.29) is 0 Å². The minimum absolute atomic E-state index is 0.410. The van der Waals surface area contributed by atoms with Gasteiger partial charge in [0.25, 0.3) is 0 Å². The van der Waals surface area contributed by atoms with Gasteiger partial charge in [0.05, 0.1) is 7.11 Å². The first-order valence-corrected chi connectivity index (χ1v) is 4.62. The van der Waals surface area contributed by atoms with Crippen molar-refractivity contribution in [1.29, 1.82) is 0 Å². The molecule has 0 fully saturated rings. The maximum absolute atomic E-state index is 10.1. The molecule has 14 heavy (non-hydrogen) atoms. The normalized spacial score (nSPS) is 6.93. The third-order valence-electron chi connectivity index (χ3n) is 0.569. The predicted octanol–water partition coefficient (Wildman–Crippen LogP) is 1.87. The molecular formula is C9H21NO4. The fraction of sp³-hybridized carbons (Fsp3) is 0.778. The van der Waals surface area contributed by atoms with E-state index >= 15 is 0 Å². The lowest BCUT2D eigenvalue weighted by molar-refractivity contribution is -0.135. The first-order chi connectivity index (χ1) is 6.58. The lowest BCUT2D eigenvalue weighted by Gasteiger charge is -1.96. The number of carbonyl (C=O) groups is 2. The van der Waals surface area contributed by atoms with Crippen LogP contribution in [0.1, 0.15) is 34.1 Å². The van der Waals surface area contributed by atoms with Crippen LogP contribution in [0, 0.1) is 0 Å². The number of amides is 1. The Kier molecular flexibility index (Phi) is 23.4. The van der Waals surface area contributed by atoms with Crippen molar-refractivity contribution in [2.24, 2.45) is 0 Å².